The van der Waals surface area contributed by atoms with E-state index in [2.05, 4.69) is 15.5 Å². The number of H-pyrrole nitrogens is 1. The van der Waals surface area contributed by atoms with E-state index in [4.69, 9.17) is 4.52 Å². The van der Waals surface area contributed by atoms with E-state index >= 15 is 0 Å². The third kappa shape index (κ3) is 3.68. The molecular weight excluding hydrogens is 390 g/mol. The Morgan fingerprint density at radius 1 is 0.968 bits per heavy atom. The van der Waals surface area contributed by atoms with Crippen molar-refractivity contribution in [1.29, 1.82) is 0 Å². The SMILES string of the molecule is O=C(NC1CCC1)c1cc(C(=O)c2c(-c3ccccc3)noc2-c2ccccc2)c[nH]1. The van der Waals surface area contributed by atoms with Crippen LogP contribution in [0.4, 0.5) is 0 Å². The molecule has 154 valence electrons. The van der Waals surface area contributed by atoms with Crippen LogP contribution in [0.25, 0.3) is 22.6 Å². The lowest BCUT2D eigenvalue weighted by Crippen LogP contribution is -2.39. The minimum Gasteiger partial charge on any atom is -0.356 e. The summed E-state index contributed by atoms with van der Waals surface area (Å²) in [5.41, 5.74) is 3.16. The minimum atomic E-state index is -0.252. The van der Waals surface area contributed by atoms with Gasteiger partial charge in [-0.15, -0.1) is 0 Å². The number of benzene rings is 2. The molecular formula is C25H21N3O3. The second-order valence-electron chi connectivity index (χ2n) is 7.70. The first-order chi connectivity index (χ1) is 15.2. The van der Waals surface area contributed by atoms with Crippen LogP contribution in [0.5, 0.6) is 0 Å². The number of aromatic amines is 1. The molecule has 1 aliphatic carbocycles. The van der Waals surface area contributed by atoms with Crippen LogP contribution in [-0.2, 0) is 0 Å². The number of rotatable bonds is 6. The Bertz CT molecular complexity index is 1160. The molecule has 1 aliphatic rings. The number of ketones is 1. The molecule has 6 nitrogen and oxygen atoms in total. The van der Waals surface area contributed by atoms with Gasteiger partial charge in [-0.05, 0) is 25.3 Å². The lowest BCUT2D eigenvalue weighted by atomic mass is 9.93. The van der Waals surface area contributed by atoms with Crippen LogP contribution in [-0.4, -0.2) is 27.9 Å². The third-order valence-electron chi connectivity index (χ3n) is 5.63. The molecule has 31 heavy (non-hydrogen) atoms. The fourth-order valence-corrected chi connectivity index (χ4v) is 3.70. The summed E-state index contributed by atoms with van der Waals surface area (Å²) < 4.78 is 5.65. The average molecular weight is 411 g/mol. The maximum absolute atomic E-state index is 13.6. The summed E-state index contributed by atoms with van der Waals surface area (Å²) in [6, 6.07) is 20.7. The van der Waals surface area contributed by atoms with Gasteiger partial charge in [0.25, 0.3) is 5.91 Å². The molecule has 2 heterocycles. The Hall–Kier alpha value is -3.93. The largest absolute Gasteiger partial charge is 0.356 e. The molecule has 1 amide bonds. The fraction of sp³-hybridized carbons (Fsp3) is 0.160. The molecule has 1 saturated carbocycles. The van der Waals surface area contributed by atoms with E-state index in [1.165, 1.54) is 0 Å². The molecule has 2 aromatic heterocycles. The smallest absolute Gasteiger partial charge is 0.267 e. The lowest BCUT2D eigenvalue weighted by Gasteiger charge is -2.25. The first-order valence-corrected chi connectivity index (χ1v) is 10.3. The first-order valence-electron chi connectivity index (χ1n) is 10.3. The normalized spacial score (nSPS) is 13.5. The van der Waals surface area contributed by atoms with Crippen molar-refractivity contribution in [3.63, 3.8) is 0 Å². The Balaban J connectivity index is 1.53. The van der Waals surface area contributed by atoms with Crippen LogP contribution in [0.3, 0.4) is 0 Å². The molecule has 0 atom stereocenters. The second-order valence-corrected chi connectivity index (χ2v) is 7.70. The van der Waals surface area contributed by atoms with Crippen molar-refractivity contribution in [2.75, 3.05) is 0 Å². The predicted molar refractivity (Wildman–Crippen MR) is 117 cm³/mol. The molecule has 0 spiro atoms. The fourth-order valence-electron chi connectivity index (χ4n) is 3.70. The van der Waals surface area contributed by atoms with Crippen LogP contribution >= 0.6 is 0 Å². The van der Waals surface area contributed by atoms with Crippen LogP contribution in [0.1, 0.15) is 45.7 Å². The Morgan fingerprint density at radius 2 is 1.65 bits per heavy atom. The molecule has 0 unspecified atom stereocenters. The van der Waals surface area contributed by atoms with Crippen molar-refractivity contribution in [3.05, 3.63) is 89.7 Å². The van der Waals surface area contributed by atoms with Gasteiger partial charge in [-0.2, -0.15) is 0 Å². The highest BCUT2D eigenvalue weighted by atomic mass is 16.5. The van der Waals surface area contributed by atoms with Gasteiger partial charge < -0.3 is 14.8 Å². The van der Waals surface area contributed by atoms with Gasteiger partial charge in [0, 0.05) is 28.9 Å². The maximum atomic E-state index is 13.6. The van der Waals surface area contributed by atoms with Crippen molar-refractivity contribution in [2.24, 2.45) is 0 Å². The number of nitrogens with one attached hydrogen (secondary N) is 2. The molecule has 0 bridgehead atoms. The molecule has 1 fully saturated rings. The number of hydrogen-bond donors (Lipinski definition) is 2. The van der Waals surface area contributed by atoms with Gasteiger partial charge in [0.2, 0.25) is 5.78 Å². The van der Waals surface area contributed by atoms with Gasteiger partial charge in [0.05, 0.1) is 5.56 Å². The molecule has 0 aliphatic heterocycles. The molecule has 0 radical (unpaired) electrons. The number of aromatic nitrogens is 2. The Kier molecular flexibility index (Phi) is 4.96. The zero-order valence-electron chi connectivity index (χ0n) is 16.8. The first kappa shape index (κ1) is 19.1. The van der Waals surface area contributed by atoms with E-state index in [0.717, 1.165) is 30.4 Å². The highest BCUT2D eigenvalue weighted by molar-refractivity contribution is 6.16. The maximum Gasteiger partial charge on any atom is 0.267 e. The molecule has 2 N–H and O–H groups in total. The standard InChI is InChI=1S/C25H21N3O3/c29-23(18-14-20(26-15-18)25(30)27-19-12-7-13-19)21-22(16-8-3-1-4-9-16)28-31-24(21)17-10-5-2-6-11-17/h1-6,8-11,14-15,19,26H,7,12-13H2,(H,27,30). The Morgan fingerprint density at radius 3 is 2.29 bits per heavy atom. The zero-order chi connectivity index (χ0) is 21.2. The average Bonchev–Trinajstić information content (AvgIpc) is 3.45. The second kappa shape index (κ2) is 8.07. The molecule has 0 saturated heterocycles. The van der Waals surface area contributed by atoms with Gasteiger partial charge in [0.1, 0.15) is 11.4 Å². The summed E-state index contributed by atoms with van der Waals surface area (Å²) in [5, 5.41) is 7.21. The molecule has 6 heteroatoms. The van der Waals surface area contributed by atoms with E-state index in [1.54, 1.807) is 12.3 Å². The highest BCUT2D eigenvalue weighted by Gasteiger charge is 2.27. The van der Waals surface area contributed by atoms with Crippen molar-refractivity contribution in [1.82, 2.24) is 15.5 Å². The predicted octanol–water partition coefficient (Wildman–Crippen LogP) is 4.85. The molecule has 5 rings (SSSR count). The summed E-state index contributed by atoms with van der Waals surface area (Å²) >= 11 is 0. The topological polar surface area (TPSA) is 88.0 Å². The number of hydrogen-bond acceptors (Lipinski definition) is 4. The molecule has 4 aromatic rings. The summed E-state index contributed by atoms with van der Waals surface area (Å²) in [7, 11) is 0. The summed E-state index contributed by atoms with van der Waals surface area (Å²) in [5.74, 6) is -0.0374. The van der Waals surface area contributed by atoms with Gasteiger partial charge >= 0.3 is 0 Å². The van der Waals surface area contributed by atoms with E-state index in [0.29, 0.717) is 28.3 Å². The zero-order valence-corrected chi connectivity index (χ0v) is 16.8. The van der Waals surface area contributed by atoms with E-state index in [-0.39, 0.29) is 17.7 Å². The third-order valence-corrected chi connectivity index (χ3v) is 5.63. The minimum absolute atomic E-state index is 0.194. The van der Waals surface area contributed by atoms with Gasteiger partial charge in [-0.1, -0.05) is 65.8 Å². The van der Waals surface area contributed by atoms with Gasteiger partial charge in [-0.3, -0.25) is 9.59 Å². The van der Waals surface area contributed by atoms with Crippen LogP contribution in [0.2, 0.25) is 0 Å². The van der Waals surface area contributed by atoms with E-state index in [1.807, 2.05) is 60.7 Å². The number of nitrogens with zero attached hydrogens (tertiary/aromatic N) is 1. The van der Waals surface area contributed by atoms with Crippen LogP contribution < -0.4 is 5.32 Å². The number of amides is 1. The van der Waals surface area contributed by atoms with Crippen molar-refractivity contribution >= 4 is 11.7 Å². The van der Waals surface area contributed by atoms with Crippen LogP contribution in [0, 0.1) is 0 Å². The van der Waals surface area contributed by atoms with Crippen molar-refractivity contribution in [3.8, 4) is 22.6 Å². The highest BCUT2D eigenvalue weighted by Crippen LogP contribution is 2.34. The van der Waals surface area contributed by atoms with E-state index in [9.17, 15) is 9.59 Å². The number of carbonyl (C=O) groups excluding carboxylic acids is 2. The quantitative estimate of drug-likeness (QED) is 0.444. The van der Waals surface area contributed by atoms with Crippen LogP contribution in [0.15, 0.2) is 77.4 Å². The van der Waals surface area contributed by atoms with E-state index < -0.39 is 0 Å². The van der Waals surface area contributed by atoms with Crippen molar-refractivity contribution in [2.45, 2.75) is 25.3 Å². The van der Waals surface area contributed by atoms with Crippen molar-refractivity contribution < 1.29 is 14.1 Å². The summed E-state index contributed by atoms with van der Waals surface area (Å²) in [4.78, 5) is 29.0. The number of carbonyl (C=O) groups is 2. The van der Waals surface area contributed by atoms with Gasteiger partial charge in [-0.25, -0.2) is 0 Å². The monoisotopic (exact) mass is 411 g/mol. The lowest BCUT2D eigenvalue weighted by molar-refractivity contribution is 0.0912. The molecule has 2 aromatic carbocycles. The summed E-state index contributed by atoms with van der Waals surface area (Å²) in [6.07, 6.45) is 4.70. The van der Waals surface area contributed by atoms with Gasteiger partial charge in [0.15, 0.2) is 5.76 Å². The summed E-state index contributed by atoms with van der Waals surface area (Å²) in [6.45, 7) is 0. The Labute approximate surface area is 179 Å².